The van der Waals surface area contributed by atoms with Gasteiger partial charge in [0.2, 0.25) is 0 Å². The van der Waals surface area contributed by atoms with Crippen LogP contribution in [0.4, 0.5) is 4.79 Å². The van der Waals surface area contributed by atoms with E-state index in [0.717, 1.165) is 44.7 Å². The number of rotatable bonds is 7. The summed E-state index contributed by atoms with van der Waals surface area (Å²) in [7, 11) is 0. The third-order valence-electron chi connectivity index (χ3n) is 6.51. The number of furan rings is 1. The smallest absolute Gasteiger partial charge is 0.325 e. The van der Waals surface area contributed by atoms with Gasteiger partial charge in [-0.15, -0.1) is 5.92 Å². The first-order valence-corrected chi connectivity index (χ1v) is 10.9. The molecule has 2 saturated heterocycles. The molecule has 0 aliphatic carbocycles. The van der Waals surface area contributed by atoms with Crippen molar-refractivity contribution in [1.29, 1.82) is 0 Å². The number of amides is 3. The highest BCUT2D eigenvalue weighted by atomic mass is 16.3. The van der Waals surface area contributed by atoms with Gasteiger partial charge in [-0.2, -0.15) is 0 Å². The third kappa shape index (κ3) is 4.52. The van der Waals surface area contributed by atoms with Crippen molar-refractivity contribution in [2.45, 2.75) is 44.7 Å². The highest BCUT2D eigenvalue weighted by Crippen LogP contribution is 2.37. The van der Waals surface area contributed by atoms with Crippen molar-refractivity contribution in [3.05, 3.63) is 60.1 Å². The molecule has 2 fully saturated rings. The lowest BCUT2D eigenvalue weighted by Crippen LogP contribution is -2.56. The maximum atomic E-state index is 13.5. The summed E-state index contributed by atoms with van der Waals surface area (Å²) in [6, 6.07) is 13.7. The molecule has 0 radical (unpaired) electrons. The predicted octanol–water partition coefficient (Wildman–Crippen LogP) is 3.44. The Kier molecular flexibility index (Phi) is 6.43. The summed E-state index contributed by atoms with van der Waals surface area (Å²) in [4.78, 5) is 29.9. The summed E-state index contributed by atoms with van der Waals surface area (Å²) in [6.07, 6.45) is 4.75. The van der Waals surface area contributed by atoms with Crippen LogP contribution < -0.4 is 5.32 Å². The van der Waals surface area contributed by atoms with Crippen LogP contribution in [-0.2, 0) is 17.8 Å². The molecule has 31 heavy (non-hydrogen) atoms. The molecule has 162 valence electrons. The maximum Gasteiger partial charge on any atom is 0.325 e. The first kappa shape index (κ1) is 21.2. The van der Waals surface area contributed by atoms with Gasteiger partial charge >= 0.3 is 6.03 Å². The van der Waals surface area contributed by atoms with Crippen LogP contribution in [0.25, 0.3) is 0 Å². The largest absolute Gasteiger partial charge is 0.468 e. The molecular formula is C25H29N3O3. The minimum absolute atomic E-state index is 0.0973. The van der Waals surface area contributed by atoms with E-state index in [1.807, 2.05) is 30.3 Å². The Morgan fingerprint density at radius 2 is 1.90 bits per heavy atom. The molecule has 1 aromatic heterocycles. The molecular weight excluding hydrogens is 390 g/mol. The lowest BCUT2D eigenvalue weighted by molar-refractivity contribution is -0.134. The third-order valence-corrected chi connectivity index (χ3v) is 6.51. The summed E-state index contributed by atoms with van der Waals surface area (Å²) in [6.45, 7) is 4.38. The van der Waals surface area contributed by atoms with Crippen LogP contribution in [0.3, 0.4) is 0 Å². The molecule has 1 aromatic carbocycles. The van der Waals surface area contributed by atoms with E-state index in [-0.39, 0.29) is 24.4 Å². The van der Waals surface area contributed by atoms with Crippen molar-refractivity contribution in [3.63, 3.8) is 0 Å². The van der Waals surface area contributed by atoms with Gasteiger partial charge in [-0.25, -0.2) is 4.79 Å². The van der Waals surface area contributed by atoms with E-state index in [2.05, 4.69) is 34.2 Å². The average Bonchev–Trinajstić information content (AvgIpc) is 3.39. The highest BCUT2D eigenvalue weighted by molar-refractivity contribution is 6.07. The van der Waals surface area contributed by atoms with Gasteiger partial charge in [0.25, 0.3) is 5.91 Å². The molecule has 1 atom stereocenters. The molecule has 2 aromatic rings. The van der Waals surface area contributed by atoms with Gasteiger partial charge in [0.1, 0.15) is 11.3 Å². The molecule has 6 nitrogen and oxygen atoms in total. The molecule has 0 spiro atoms. The zero-order valence-electron chi connectivity index (χ0n) is 18.0. The van der Waals surface area contributed by atoms with E-state index in [4.69, 9.17) is 4.42 Å². The number of hydrogen-bond acceptors (Lipinski definition) is 4. The second-order valence-corrected chi connectivity index (χ2v) is 8.33. The zero-order valence-corrected chi connectivity index (χ0v) is 18.0. The van der Waals surface area contributed by atoms with Gasteiger partial charge < -0.3 is 9.73 Å². The number of imide groups is 1. The number of carbonyl (C=O) groups excluding carboxylic acids is 2. The van der Waals surface area contributed by atoms with Crippen molar-refractivity contribution in [3.8, 4) is 11.8 Å². The Labute approximate surface area is 183 Å². The number of piperidine rings is 1. The van der Waals surface area contributed by atoms with E-state index in [1.54, 1.807) is 13.2 Å². The summed E-state index contributed by atoms with van der Waals surface area (Å²) < 4.78 is 5.48. The number of urea groups is 1. The van der Waals surface area contributed by atoms with E-state index in [0.29, 0.717) is 6.42 Å². The fourth-order valence-corrected chi connectivity index (χ4v) is 4.79. The van der Waals surface area contributed by atoms with Gasteiger partial charge in [-0.1, -0.05) is 36.3 Å². The van der Waals surface area contributed by atoms with Gasteiger partial charge in [0.15, 0.2) is 0 Å². The first-order chi connectivity index (χ1) is 15.1. The number of likely N-dealkylation sites (tertiary alicyclic amines) is 1. The van der Waals surface area contributed by atoms with E-state index in [1.165, 1.54) is 10.5 Å². The number of nitrogens with one attached hydrogen (secondary N) is 1. The number of nitrogens with zero attached hydrogens (tertiary/aromatic N) is 2. The van der Waals surface area contributed by atoms with Gasteiger partial charge in [-0.3, -0.25) is 14.6 Å². The Balaban J connectivity index is 1.50. The topological polar surface area (TPSA) is 65.8 Å². The number of aryl methyl sites for hydroxylation is 1. The molecule has 2 aliphatic rings. The summed E-state index contributed by atoms with van der Waals surface area (Å²) >= 11 is 0. The SMILES string of the molecule is CC#CCN1C(=O)NC(CCc2ccccc2)(C2CCN(Cc3ccco3)CC2)C1=O. The minimum atomic E-state index is -0.862. The molecule has 3 amide bonds. The van der Waals surface area contributed by atoms with Crippen molar-refractivity contribution in [1.82, 2.24) is 15.1 Å². The van der Waals surface area contributed by atoms with Crippen LogP contribution in [0.2, 0.25) is 0 Å². The van der Waals surface area contributed by atoms with Crippen LogP contribution >= 0.6 is 0 Å². The van der Waals surface area contributed by atoms with Crippen molar-refractivity contribution >= 4 is 11.9 Å². The second kappa shape index (κ2) is 9.40. The monoisotopic (exact) mass is 419 g/mol. The fourth-order valence-electron chi connectivity index (χ4n) is 4.79. The summed E-state index contributed by atoms with van der Waals surface area (Å²) in [5.41, 5.74) is 0.310. The molecule has 0 saturated carbocycles. The second-order valence-electron chi connectivity index (χ2n) is 8.33. The van der Waals surface area contributed by atoms with Gasteiger partial charge in [-0.05, 0) is 69.3 Å². The molecule has 1 unspecified atom stereocenters. The van der Waals surface area contributed by atoms with Crippen LogP contribution in [0.1, 0.15) is 37.5 Å². The van der Waals surface area contributed by atoms with E-state index < -0.39 is 5.54 Å². The Morgan fingerprint density at radius 1 is 1.13 bits per heavy atom. The van der Waals surface area contributed by atoms with E-state index in [9.17, 15) is 9.59 Å². The normalized spacial score (nSPS) is 22.3. The number of benzene rings is 1. The van der Waals surface area contributed by atoms with Crippen LogP contribution in [0.15, 0.2) is 53.1 Å². The van der Waals surface area contributed by atoms with Gasteiger partial charge in [0.05, 0.1) is 19.4 Å². The lowest BCUT2D eigenvalue weighted by atomic mass is 9.74. The fraction of sp³-hybridized carbons (Fsp3) is 0.440. The predicted molar refractivity (Wildman–Crippen MR) is 118 cm³/mol. The molecule has 6 heteroatoms. The lowest BCUT2D eigenvalue weighted by Gasteiger charge is -2.40. The van der Waals surface area contributed by atoms with Crippen LogP contribution in [-0.4, -0.2) is 46.9 Å². The van der Waals surface area contributed by atoms with Crippen molar-refractivity contribution in [2.24, 2.45) is 5.92 Å². The molecule has 2 aliphatic heterocycles. The van der Waals surface area contributed by atoms with E-state index >= 15 is 0 Å². The van der Waals surface area contributed by atoms with Gasteiger partial charge in [0, 0.05) is 0 Å². The highest BCUT2D eigenvalue weighted by Gasteiger charge is 2.55. The molecule has 3 heterocycles. The number of carbonyl (C=O) groups is 2. The molecule has 0 bridgehead atoms. The summed E-state index contributed by atoms with van der Waals surface area (Å²) in [5, 5.41) is 3.11. The standard InChI is InChI=1S/C25H29N3O3/c1-2-3-15-28-23(29)25(26-24(28)30,14-11-20-8-5-4-6-9-20)21-12-16-27(17-13-21)19-22-10-7-18-31-22/h4-10,18,21H,11-17,19H2,1H3,(H,26,30). The molecule has 1 N–H and O–H groups in total. The number of hydrogen-bond donors (Lipinski definition) is 1. The maximum absolute atomic E-state index is 13.5. The minimum Gasteiger partial charge on any atom is -0.468 e. The quantitative estimate of drug-likeness (QED) is 0.552. The molecule has 4 rings (SSSR count). The van der Waals surface area contributed by atoms with Crippen LogP contribution in [0, 0.1) is 17.8 Å². The Hall–Kier alpha value is -3.04. The van der Waals surface area contributed by atoms with Crippen LogP contribution in [0.5, 0.6) is 0 Å². The Morgan fingerprint density at radius 3 is 2.58 bits per heavy atom. The Bertz CT molecular complexity index is 953. The van der Waals surface area contributed by atoms with Crippen molar-refractivity contribution in [2.75, 3.05) is 19.6 Å². The first-order valence-electron chi connectivity index (χ1n) is 10.9. The zero-order chi connectivity index (χ0) is 21.7. The summed E-state index contributed by atoms with van der Waals surface area (Å²) in [5.74, 6) is 6.58. The average molecular weight is 420 g/mol. The van der Waals surface area contributed by atoms with Crippen molar-refractivity contribution < 1.29 is 14.0 Å².